The lowest BCUT2D eigenvalue weighted by Crippen LogP contribution is -2.29. The normalized spacial score (nSPS) is 13.3. The summed E-state index contributed by atoms with van der Waals surface area (Å²) in [7, 11) is 0. The third-order valence-electron chi connectivity index (χ3n) is 4.70. The number of nitrogens with zero attached hydrogens (tertiary/aromatic N) is 2. The van der Waals surface area contributed by atoms with E-state index in [4.69, 9.17) is 4.74 Å². The second-order valence-electron chi connectivity index (χ2n) is 8.06. The fourth-order valence-electron chi connectivity index (χ4n) is 3.38. The third kappa shape index (κ3) is 4.96. The van der Waals surface area contributed by atoms with Crippen LogP contribution in [-0.4, -0.2) is 34.0 Å². The minimum Gasteiger partial charge on any atom is -0.489 e. The van der Waals surface area contributed by atoms with Crippen molar-refractivity contribution < 1.29 is 14.3 Å². The lowest BCUT2D eigenvalue weighted by molar-refractivity contribution is 0.0943. The summed E-state index contributed by atoms with van der Waals surface area (Å²) in [4.78, 5) is 30.2. The molecule has 0 radical (unpaired) electrons. The molecule has 0 bridgehead atoms. The molecule has 0 unspecified atom stereocenters. The van der Waals surface area contributed by atoms with Crippen molar-refractivity contribution in [1.29, 1.82) is 0 Å². The number of anilines is 1. The molecule has 1 aliphatic heterocycles. The van der Waals surface area contributed by atoms with Crippen molar-refractivity contribution in [3.05, 3.63) is 41.5 Å². The molecule has 0 saturated heterocycles. The van der Waals surface area contributed by atoms with Crippen molar-refractivity contribution in [3.63, 3.8) is 0 Å². The van der Waals surface area contributed by atoms with Crippen LogP contribution in [0.2, 0.25) is 0 Å². The van der Waals surface area contributed by atoms with E-state index in [-0.39, 0.29) is 23.7 Å². The Balaban J connectivity index is 1.87. The Morgan fingerprint density at radius 1 is 1.14 bits per heavy atom. The van der Waals surface area contributed by atoms with Crippen LogP contribution in [0.1, 0.15) is 67.3 Å². The Hall–Kier alpha value is -2.83. The molecule has 2 heterocycles. The van der Waals surface area contributed by atoms with Gasteiger partial charge in [-0.15, -0.1) is 0 Å². The van der Waals surface area contributed by atoms with Crippen molar-refractivity contribution in [2.75, 3.05) is 11.9 Å². The smallest absolute Gasteiger partial charge is 0.291 e. The Morgan fingerprint density at radius 2 is 1.90 bits per heavy atom. The summed E-state index contributed by atoms with van der Waals surface area (Å²) >= 11 is 0. The molecule has 0 spiro atoms. The number of hydrogen-bond donors (Lipinski definition) is 2. The summed E-state index contributed by atoms with van der Waals surface area (Å²) in [6, 6.07) is 7.32. The zero-order valence-corrected chi connectivity index (χ0v) is 17.6. The zero-order chi connectivity index (χ0) is 21.0. The average molecular weight is 399 g/mol. The van der Waals surface area contributed by atoms with Crippen LogP contribution in [0.4, 0.5) is 5.69 Å². The molecule has 29 heavy (non-hydrogen) atoms. The number of carbonyl (C=O) groups excluding carboxylic acids is 2. The van der Waals surface area contributed by atoms with Gasteiger partial charge in [-0.2, -0.15) is 0 Å². The van der Waals surface area contributed by atoms with E-state index in [0.29, 0.717) is 36.1 Å². The summed E-state index contributed by atoms with van der Waals surface area (Å²) in [5, 5.41) is 5.82. The monoisotopic (exact) mass is 398 g/mol. The first kappa shape index (κ1) is 20.9. The minimum absolute atomic E-state index is 0.0107. The van der Waals surface area contributed by atoms with E-state index in [1.54, 1.807) is 6.07 Å². The molecule has 1 aromatic carbocycles. The number of ether oxygens (including phenoxy) is 1. The molecule has 7 heteroatoms. The van der Waals surface area contributed by atoms with E-state index in [0.717, 1.165) is 25.0 Å². The van der Waals surface area contributed by atoms with Gasteiger partial charge in [0.2, 0.25) is 0 Å². The predicted molar refractivity (Wildman–Crippen MR) is 112 cm³/mol. The van der Waals surface area contributed by atoms with Crippen molar-refractivity contribution in [1.82, 2.24) is 14.9 Å². The van der Waals surface area contributed by atoms with Crippen LogP contribution in [-0.2, 0) is 13.0 Å². The van der Waals surface area contributed by atoms with Gasteiger partial charge in [0.05, 0.1) is 17.5 Å². The van der Waals surface area contributed by atoms with Gasteiger partial charge in [-0.25, -0.2) is 4.98 Å². The molecule has 2 aromatic rings. The van der Waals surface area contributed by atoms with Gasteiger partial charge in [-0.1, -0.05) is 26.0 Å². The number of para-hydroxylation sites is 2. The highest BCUT2D eigenvalue weighted by Crippen LogP contribution is 2.27. The molecule has 0 aliphatic carbocycles. The minimum atomic E-state index is -0.337. The fraction of sp³-hybridized carbons (Fsp3) is 0.500. The van der Waals surface area contributed by atoms with Crippen LogP contribution < -0.4 is 15.4 Å². The van der Waals surface area contributed by atoms with Crippen LogP contribution in [0.3, 0.4) is 0 Å². The van der Waals surface area contributed by atoms with Gasteiger partial charge in [0.15, 0.2) is 5.82 Å². The molecule has 0 atom stereocenters. The Morgan fingerprint density at radius 3 is 2.62 bits per heavy atom. The molecule has 7 nitrogen and oxygen atoms in total. The SMILES string of the molecule is CC(C)CNC(=O)c1nc(C(=O)Nc2ccccc2OC(C)C)n2c1CCCC2. The molecular weight excluding hydrogens is 368 g/mol. The van der Waals surface area contributed by atoms with Crippen molar-refractivity contribution in [2.45, 2.75) is 59.6 Å². The van der Waals surface area contributed by atoms with Crippen LogP contribution in [0.25, 0.3) is 0 Å². The first-order valence-corrected chi connectivity index (χ1v) is 10.3. The maximum absolute atomic E-state index is 13.0. The molecule has 156 valence electrons. The van der Waals surface area contributed by atoms with E-state index in [2.05, 4.69) is 15.6 Å². The first-order chi connectivity index (χ1) is 13.9. The Labute approximate surface area is 171 Å². The standard InChI is InChI=1S/C22H30N4O3/c1-14(2)13-23-21(27)19-17-10-7-8-12-26(17)20(25-19)22(28)24-16-9-5-6-11-18(16)29-15(3)4/h5-6,9,11,14-15H,7-8,10,12-13H2,1-4H3,(H,23,27)(H,24,28). The second-order valence-corrected chi connectivity index (χ2v) is 8.06. The molecule has 0 saturated carbocycles. The number of fused-ring (bicyclic) bond motifs is 1. The number of hydrogen-bond acceptors (Lipinski definition) is 4. The van der Waals surface area contributed by atoms with E-state index in [1.165, 1.54) is 0 Å². The summed E-state index contributed by atoms with van der Waals surface area (Å²) in [6.45, 7) is 9.22. The lowest BCUT2D eigenvalue weighted by Gasteiger charge is -2.18. The topological polar surface area (TPSA) is 85.2 Å². The molecular formula is C22H30N4O3. The highest BCUT2D eigenvalue weighted by Gasteiger charge is 2.27. The molecule has 2 amide bonds. The van der Waals surface area contributed by atoms with Crippen LogP contribution >= 0.6 is 0 Å². The average Bonchev–Trinajstić information content (AvgIpc) is 3.07. The molecule has 1 aliphatic rings. The van der Waals surface area contributed by atoms with E-state index in [9.17, 15) is 9.59 Å². The summed E-state index contributed by atoms with van der Waals surface area (Å²) in [5.74, 6) is 0.672. The Bertz CT molecular complexity index is 886. The highest BCUT2D eigenvalue weighted by molar-refractivity contribution is 6.04. The molecule has 1 aromatic heterocycles. The summed E-state index contributed by atoms with van der Waals surface area (Å²) in [5.41, 5.74) is 1.79. The van der Waals surface area contributed by atoms with Gasteiger partial charge in [-0.3, -0.25) is 9.59 Å². The van der Waals surface area contributed by atoms with Crippen molar-refractivity contribution in [3.8, 4) is 5.75 Å². The van der Waals surface area contributed by atoms with Crippen LogP contribution in [0.15, 0.2) is 24.3 Å². The van der Waals surface area contributed by atoms with E-state index < -0.39 is 0 Å². The van der Waals surface area contributed by atoms with Gasteiger partial charge in [0.25, 0.3) is 11.8 Å². The van der Waals surface area contributed by atoms with Gasteiger partial charge in [-0.05, 0) is 51.2 Å². The van der Waals surface area contributed by atoms with Gasteiger partial charge < -0.3 is 19.9 Å². The maximum Gasteiger partial charge on any atom is 0.291 e. The third-order valence-corrected chi connectivity index (χ3v) is 4.70. The van der Waals surface area contributed by atoms with Crippen LogP contribution in [0.5, 0.6) is 5.75 Å². The zero-order valence-electron chi connectivity index (χ0n) is 17.6. The summed E-state index contributed by atoms with van der Waals surface area (Å²) in [6.07, 6.45) is 2.69. The number of carbonyl (C=O) groups is 2. The van der Waals surface area contributed by atoms with Gasteiger partial charge in [0, 0.05) is 13.1 Å². The first-order valence-electron chi connectivity index (χ1n) is 10.3. The number of amides is 2. The summed E-state index contributed by atoms with van der Waals surface area (Å²) < 4.78 is 7.67. The van der Waals surface area contributed by atoms with Crippen molar-refractivity contribution in [2.24, 2.45) is 5.92 Å². The number of imidazole rings is 1. The number of benzene rings is 1. The number of aromatic nitrogens is 2. The van der Waals surface area contributed by atoms with Crippen LogP contribution in [0, 0.1) is 5.92 Å². The van der Waals surface area contributed by atoms with E-state index >= 15 is 0 Å². The quantitative estimate of drug-likeness (QED) is 0.746. The largest absolute Gasteiger partial charge is 0.489 e. The predicted octanol–water partition coefficient (Wildman–Crippen LogP) is 3.64. The fourth-order valence-corrected chi connectivity index (χ4v) is 3.38. The molecule has 0 fully saturated rings. The van der Waals surface area contributed by atoms with E-state index in [1.807, 2.05) is 50.5 Å². The second kappa shape index (κ2) is 9.11. The van der Waals surface area contributed by atoms with Gasteiger partial charge in [0.1, 0.15) is 11.4 Å². The Kier molecular flexibility index (Phi) is 6.56. The molecule has 3 rings (SSSR count). The molecule has 2 N–H and O–H groups in total. The van der Waals surface area contributed by atoms with Gasteiger partial charge >= 0.3 is 0 Å². The highest BCUT2D eigenvalue weighted by atomic mass is 16.5. The number of rotatable bonds is 7. The van der Waals surface area contributed by atoms with Crippen molar-refractivity contribution >= 4 is 17.5 Å². The maximum atomic E-state index is 13.0. The lowest BCUT2D eigenvalue weighted by atomic mass is 10.1. The number of nitrogens with one attached hydrogen (secondary N) is 2.